The fourth-order valence-corrected chi connectivity index (χ4v) is 2.51. The number of nitrogens with zero attached hydrogens (tertiary/aromatic N) is 2. The van der Waals surface area contributed by atoms with Gasteiger partial charge in [0.15, 0.2) is 5.82 Å². The van der Waals surface area contributed by atoms with Crippen LogP contribution in [0.15, 0.2) is 65.2 Å². The summed E-state index contributed by atoms with van der Waals surface area (Å²) in [7, 11) is 0. The lowest BCUT2D eigenvalue weighted by Crippen LogP contribution is -2.05. The van der Waals surface area contributed by atoms with Crippen molar-refractivity contribution < 1.29 is 4.52 Å². The lowest BCUT2D eigenvalue weighted by atomic mass is 9.91. The molecule has 3 aromatic rings. The van der Waals surface area contributed by atoms with Gasteiger partial charge in [0.2, 0.25) is 5.89 Å². The second-order valence-corrected chi connectivity index (χ2v) is 5.12. The Morgan fingerprint density at radius 1 is 0.905 bits per heavy atom. The molecular weight excluding hydrogens is 284 g/mol. The van der Waals surface area contributed by atoms with Gasteiger partial charge in [-0.05, 0) is 11.1 Å². The number of halogens is 1. The maximum absolute atomic E-state index is 5.73. The van der Waals surface area contributed by atoms with Gasteiger partial charge in [0, 0.05) is 12.3 Å². The Balaban J connectivity index is 2.03. The summed E-state index contributed by atoms with van der Waals surface area (Å²) in [5.74, 6) is 1.70. The topological polar surface area (TPSA) is 38.9 Å². The van der Waals surface area contributed by atoms with E-state index >= 15 is 0 Å². The Bertz CT molecular complexity index is 643. The van der Waals surface area contributed by atoms with Crippen LogP contribution >= 0.6 is 11.6 Å². The first kappa shape index (κ1) is 13.8. The minimum atomic E-state index is -0.0276. The van der Waals surface area contributed by atoms with Gasteiger partial charge in [-0.3, -0.25) is 0 Å². The van der Waals surface area contributed by atoms with Gasteiger partial charge in [-0.15, -0.1) is 11.6 Å². The van der Waals surface area contributed by atoms with Crippen molar-refractivity contribution in [2.45, 2.75) is 12.3 Å². The van der Waals surface area contributed by atoms with Crippen LogP contribution in [0.3, 0.4) is 0 Å². The van der Waals surface area contributed by atoms with Crippen LogP contribution in [-0.2, 0) is 6.42 Å². The predicted molar refractivity (Wildman–Crippen MR) is 82.6 cm³/mol. The lowest BCUT2D eigenvalue weighted by Gasteiger charge is -2.14. The molecule has 21 heavy (non-hydrogen) atoms. The van der Waals surface area contributed by atoms with E-state index in [-0.39, 0.29) is 5.92 Å². The van der Waals surface area contributed by atoms with Gasteiger partial charge in [-0.2, -0.15) is 4.98 Å². The first-order valence-corrected chi connectivity index (χ1v) is 7.40. The SMILES string of the molecule is ClCCc1nc(C(c2ccccc2)c2ccccc2)no1. The van der Waals surface area contributed by atoms with E-state index in [1.807, 2.05) is 36.4 Å². The van der Waals surface area contributed by atoms with Crippen molar-refractivity contribution in [1.29, 1.82) is 0 Å². The summed E-state index contributed by atoms with van der Waals surface area (Å²) in [4.78, 5) is 4.49. The molecule has 0 amide bonds. The number of benzene rings is 2. The molecule has 0 saturated carbocycles. The molecule has 0 aliphatic heterocycles. The Hall–Kier alpha value is -2.13. The summed E-state index contributed by atoms with van der Waals surface area (Å²) >= 11 is 5.73. The molecule has 1 heterocycles. The van der Waals surface area contributed by atoms with Gasteiger partial charge in [-0.25, -0.2) is 0 Å². The van der Waals surface area contributed by atoms with Crippen molar-refractivity contribution in [3.05, 3.63) is 83.5 Å². The van der Waals surface area contributed by atoms with Crippen LogP contribution in [0, 0.1) is 0 Å². The number of rotatable bonds is 5. The van der Waals surface area contributed by atoms with Crippen LogP contribution in [0.2, 0.25) is 0 Å². The van der Waals surface area contributed by atoms with Crippen molar-refractivity contribution >= 4 is 11.6 Å². The molecule has 0 N–H and O–H groups in total. The average molecular weight is 299 g/mol. The Kier molecular flexibility index (Phi) is 4.31. The average Bonchev–Trinajstić information content (AvgIpc) is 2.98. The summed E-state index contributed by atoms with van der Waals surface area (Å²) in [6.07, 6.45) is 0.588. The smallest absolute Gasteiger partial charge is 0.227 e. The van der Waals surface area contributed by atoms with Crippen LogP contribution in [0.1, 0.15) is 28.8 Å². The maximum atomic E-state index is 5.73. The van der Waals surface area contributed by atoms with E-state index in [1.165, 1.54) is 0 Å². The molecule has 0 unspecified atom stereocenters. The monoisotopic (exact) mass is 298 g/mol. The third-order valence-electron chi connectivity index (χ3n) is 3.32. The highest BCUT2D eigenvalue weighted by Gasteiger charge is 2.22. The van der Waals surface area contributed by atoms with Gasteiger partial charge in [0.1, 0.15) is 0 Å². The van der Waals surface area contributed by atoms with E-state index in [0.717, 1.165) is 11.1 Å². The van der Waals surface area contributed by atoms with Crippen molar-refractivity contribution in [3.63, 3.8) is 0 Å². The highest BCUT2D eigenvalue weighted by atomic mass is 35.5. The molecule has 0 atom stereocenters. The predicted octanol–water partition coefficient (Wildman–Crippen LogP) is 4.03. The van der Waals surface area contributed by atoms with Crippen LogP contribution < -0.4 is 0 Å². The Labute approximate surface area is 128 Å². The molecule has 3 rings (SSSR count). The molecule has 0 bridgehead atoms. The molecule has 3 nitrogen and oxygen atoms in total. The van der Waals surface area contributed by atoms with Crippen LogP contribution in [-0.4, -0.2) is 16.0 Å². The van der Waals surface area contributed by atoms with Gasteiger partial charge in [-0.1, -0.05) is 65.8 Å². The first-order valence-electron chi connectivity index (χ1n) is 6.87. The zero-order valence-corrected chi connectivity index (χ0v) is 12.2. The van der Waals surface area contributed by atoms with E-state index in [9.17, 15) is 0 Å². The highest BCUT2D eigenvalue weighted by molar-refractivity contribution is 6.17. The van der Waals surface area contributed by atoms with E-state index in [0.29, 0.717) is 24.0 Å². The van der Waals surface area contributed by atoms with Crippen LogP contribution in [0.25, 0.3) is 0 Å². The zero-order valence-electron chi connectivity index (χ0n) is 11.4. The van der Waals surface area contributed by atoms with E-state index in [1.54, 1.807) is 0 Å². The summed E-state index contributed by atoms with van der Waals surface area (Å²) < 4.78 is 5.28. The third-order valence-corrected chi connectivity index (χ3v) is 3.51. The fraction of sp³-hybridized carbons (Fsp3) is 0.176. The number of hydrogen-bond acceptors (Lipinski definition) is 3. The summed E-state index contributed by atoms with van der Waals surface area (Å²) in [5.41, 5.74) is 2.28. The molecule has 0 spiro atoms. The minimum absolute atomic E-state index is 0.0276. The number of aryl methyl sites for hydroxylation is 1. The number of aromatic nitrogens is 2. The zero-order chi connectivity index (χ0) is 14.5. The van der Waals surface area contributed by atoms with Crippen molar-refractivity contribution in [2.24, 2.45) is 0 Å². The Morgan fingerprint density at radius 3 is 2.00 bits per heavy atom. The van der Waals surface area contributed by atoms with Gasteiger partial charge in [0.05, 0.1) is 5.92 Å². The first-order chi connectivity index (χ1) is 10.4. The third kappa shape index (κ3) is 3.14. The van der Waals surface area contributed by atoms with Crippen molar-refractivity contribution in [1.82, 2.24) is 10.1 Å². The fourth-order valence-electron chi connectivity index (χ4n) is 2.35. The van der Waals surface area contributed by atoms with E-state index < -0.39 is 0 Å². The second-order valence-electron chi connectivity index (χ2n) is 4.74. The molecule has 2 aromatic carbocycles. The summed E-state index contributed by atoms with van der Waals surface area (Å²) in [6, 6.07) is 20.4. The summed E-state index contributed by atoms with van der Waals surface area (Å²) in [6.45, 7) is 0. The molecule has 0 fully saturated rings. The van der Waals surface area contributed by atoms with Gasteiger partial charge < -0.3 is 4.52 Å². The minimum Gasteiger partial charge on any atom is -0.339 e. The molecule has 0 radical (unpaired) electrons. The van der Waals surface area contributed by atoms with E-state index in [2.05, 4.69) is 34.4 Å². The second kappa shape index (κ2) is 6.55. The number of hydrogen-bond donors (Lipinski definition) is 0. The van der Waals surface area contributed by atoms with Crippen LogP contribution in [0.4, 0.5) is 0 Å². The Morgan fingerprint density at radius 2 is 1.48 bits per heavy atom. The molecule has 4 heteroatoms. The summed E-state index contributed by atoms with van der Waals surface area (Å²) in [5, 5.41) is 4.14. The molecule has 0 aliphatic rings. The quantitative estimate of drug-likeness (QED) is 0.668. The molecular formula is C17H15ClN2O. The van der Waals surface area contributed by atoms with Gasteiger partial charge in [0.25, 0.3) is 0 Å². The van der Waals surface area contributed by atoms with Crippen LogP contribution in [0.5, 0.6) is 0 Å². The van der Waals surface area contributed by atoms with Crippen molar-refractivity contribution in [2.75, 3.05) is 5.88 Å². The normalized spacial score (nSPS) is 11.0. The molecule has 1 aromatic heterocycles. The number of alkyl halides is 1. The van der Waals surface area contributed by atoms with E-state index in [4.69, 9.17) is 16.1 Å². The van der Waals surface area contributed by atoms with Gasteiger partial charge >= 0.3 is 0 Å². The molecule has 106 valence electrons. The maximum Gasteiger partial charge on any atom is 0.227 e. The standard InChI is InChI=1S/C17H15ClN2O/c18-12-11-15-19-17(20-21-15)16(13-7-3-1-4-8-13)14-9-5-2-6-10-14/h1-10,16H,11-12H2. The largest absolute Gasteiger partial charge is 0.339 e. The lowest BCUT2D eigenvalue weighted by molar-refractivity contribution is 0.376. The van der Waals surface area contributed by atoms with Crippen molar-refractivity contribution in [3.8, 4) is 0 Å². The molecule has 0 aliphatic carbocycles. The molecule has 0 saturated heterocycles. The highest BCUT2D eigenvalue weighted by Crippen LogP contribution is 2.29.